The number of fused-ring (bicyclic) bond motifs is 3. The van der Waals surface area contributed by atoms with Crippen LogP contribution in [0.15, 0.2) is 47.6 Å². The molecular weight excluding hydrogens is 919 g/mol. The van der Waals surface area contributed by atoms with E-state index in [1.54, 1.807) is 48.0 Å². The van der Waals surface area contributed by atoms with Gasteiger partial charge in [0.1, 0.15) is 17.9 Å². The third-order valence-corrected chi connectivity index (χ3v) is 15.7. The Morgan fingerprint density at radius 2 is 1.58 bits per heavy atom. The van der Waals surface area contributed by atoms with E-state index in [-0.39, 0.29) is 42.8 Å². The van der Waals surface area contributed by atoms with E-state index < -0.39 is 127 Å². The molecule has 0 radical (unpaired) electrons. The van der Waals surface area contributed by atoms with Gasteiger partial charge in [0.15, 0.2) is 18.0 Å². The van der Waals surface area contributed by atoms with E-state index in [4.69, 9.17) is 28.4 Å². The van der Waals surface area contributed by atoms with E-state index in [2.05, 4.69) is 0 Å². The second-order valence-electron chi connectivity index (χ2n) is 20.9. The van der Waals surface area contributed by atoms with E-state index in [1.807, 2.05) is 44.2 Å². The lowest BCUT2D eigenvalue weighted by Crippen LogP contribution is -2.65. The number of ketones is 3. The molecule has 1 aliphatic carbocycles. The number of aliphatic carboxylic acids is 1. The number of hydrogen-bond donors (Lipinski definition) is 3. The number of allylic oxidation sites excluding steroid dienone is 6. The highest BCUT2D eigenvalue weighted by atomic mass is 16.6. The summed E-state index contributed by atoms with van der Waals surface area (Å²) in [6, 6.07) is -1.18. The van der Waals surface area contributed by atoms with Gasteiger partial charge in [0, 0.05) is 64.4 Å². The first-order valence-corrected chi connectivity index (χ1v) is 25.5. The molecular formula is C54H79NO16. The summed E-state index contributed by atoms with van der Waals surface area (Å²) in [6.07, 6.45) is 8.61. The van der Waals surface area contributed by atoms with Crippen LogP contribution in [0.3, 0.4) is 0 Å². The lowest BCUT2D eigenvalue weighted by molar-refractivity contribution is -0.266. The van der Waals surface area contributed by atoms with Gasteiger partial charge in [-0.2, -0.15) is 0 Å². The molecule has 3 N–H and O–H groups in total. The Labute approximate surface area is 418 Å². The average molecular weight is 998 g/mol. The Bertz CT molecular complexity index is 2040. The number of carboxylic acids is 1. The average Bonchev–Trinajstić information content (AvgIpc) is 3.33. The lowest BCUT2D eigenvalue weighted by Gasteiger charge is -2.50. The fourth-order valence-corrected chi connectivity index (χ4v) is 11.5. The quantitative estimate of drug-likeness (QED) is 0.140. The standard InChI is InChI=1S/C54H79NO16/c1-30-14-11-10-12-15-31(2)42(66-7)28-37-19-17-35(6)54(65,71-37)51(62)52(63)55-23-13-16-38-39(26-36-18-20-40(56)44(27-36)67-8)43(69-53(64)47(38)55)29-41(57)32(3)25-34(5)49(70-46(60)22-21-45(58)59)50(68-9)48(61)33(4)24-30/h10-12,14-15,25,30,32-33,35-40,42-44,47,49-50,56,65H,13,16-24,26-29H2,1-9H3,(H,58,59)/b12-10+,14-11+,31-15+,34-25+/t30-,32-,33-,35-,36+,37+,38?,39+,40-,42+,43+,44-,47+,49-,50+,54-/m1/s1. The maximum atomic E-state index is 14.5. The number of esters is 2. The molecule has 4 fully saturated rings. The van der Waals surface area contributed by atoms with Crippen LogP contribution < -0.4 is 0 Å². The van der Waals surface area contributed by atoms with Crippen LogP contribution >= 0.6 is 0 Å². The summed E-state index contributed by atoms with van der Waals surface area (Å²) in [5, 5.41) is 32.0. The van der Waals surface area contributed by atoms with Crippen molar-refractivity contribution in [3.05, 3.63) is 47.6 Å². The number of carboxylic acid groups (broad SMARTS) is 1. The molecule has 16 atom stereocenters. The number of aliphatic hydroxyl groups excluding tert-OH is 1. The van der Waals surface area contributed by atoms with Crippen molar-refractivity contribution in [3.63, 3.8) is 0 Å². The second-order valence-corrected chi connectivity index (χ2v) is 20.9. The normalized spacial score (nSPS) is 39.9. The number of hydrogen-bond acceptors (Lipinski definition) is 15. The Kier molecular flexibility index (Phi) is 21.1. The minimum absolute atomic E-state index is 0.00452. The van der Waals surface area contributed by atoms with Gasteiger partial charge in [-0.1, -0.05) is 64.2 Å². The molecule has 17 nitrogen and oxygen atoms in total. The van der Waals surface area contributed by atoms with E-state index in [9.17, 15) is 48.9 Å². The number of rotatable bonds is 9. The number of piperidine rings is 1. The molecule has 71 heavy (non-hydrogen) atoms. The maximum Gasteiger partial charge on any atom is 0.329 e. The number of carbonyl (C=O) groups is 7. The van der Waals surface area contributed by atoms with Crippen LogP contribution in [0, 0.1) is 41.4 Å². The number of aliphatic hydroxyl groups is 2. The highest BCUT2D eigenvalue weighted by Crippen LogP contribution is 2.45. The summed E-state index contributed by atoms with van der Waals surface area (Å²) < 4.78 is 35.5. The summed E-state index contributed by atoms with van der Waals surface area (Å²) in [5.41, 5.74) is 1.16. The van der Waals surface area contributed by atoms with E-state index in [0.29, 0.717) is 63.4 Å². The van der Waals surface area contributed by atoms with Crippen molar-refractivity contribution in [2.75, 3.05) is 27.9 Å². The SMILES string of the molecule is CO[C@H]1C[C@@H]2CC[C@@H](C)[C@@](O)(O2)C(=O)C(=O)N2CCCC3[C@H]2C(=O)O[C@@H](CC(=O)[C@H](C)/C=C(\C)[C@@H](OC(=O)CCC(=O)O)[C@@H](OC)C(=O)[C@H](C)C[C@H](C)/C=C/C=C/C=C/1C)[C@H]3C[C@@H]1CC[C@@H](O)[C@H](OC)C1. The van der Waals surface area contributed by atoms with Crippen LogP contribution in [0.4, 0.5) is 0 Å². The highest BCUT2D eigenvalue weighted by Gasteiger charge is 2.57. The van der Waals surface area contributed by atoms with Crippen molar-refractivity contribution >= 4 is 41.2 Å². The van der Waals surface area contributed by atoms with Crippen LogP contribution in [0.1, 0.15) is 125 Å². The predicted octanol–water partition coefficient (Wildman–Crippen LogP) is 5.82. The zero-order valence-electron chi connectivity index (χ0n) is 43.1. The molecule has 0 aromatic rings. The van der Waals surface area contributed by atoms with Crippen molar-refractivity contribution in [1.29, 1.82) is 0 Å². The van der Waals surface area contributed by atoms with Gasteiger partial charge in [0.05, 0.1) is 37.3 Å². The third kappa shape index (κ3) is 14.4. The number of Topliss-reactive ketones (excluding diaryl/α,β-unsaturated/α-hetero) is 3. The van der Waals surface area contributed by atoms with Gasteiger partial charge in [0.2, 0.25) is 5.79 Å². The predicted molar refractivity (Wildman–Crippen MR) is 259 cm³/mol. The van der Waals surface area contributed by atoms with Crippen LogP contribution in [0.5, 0.6) is 0 Å². The maximum absolute atomic E-state index is 14.5. The molecule has 17 heteroatoms. The van der Waals surface area contributed by atoms with E-state index >= 15 is 0 Å². The fourth-order valence-electron chi connectivity index (χ4n) is 11.5. The van der Waals surface area contributed by atoms with Gasteiger partial charge in [-0.05, 0) is 101 Å². The molecule has 5 aliphatic rings. The van der Waals surface area contributed by atoms with Crippen molar-refractivity contribution in [3.8, 4) is 0 Å². The zero-order chi connectivity index (χ0) is 52.3. The first kappa shape index (κ1) is 57.5. The van der Waals surface area contributed by atoms with Crippen molar-refractivity contribution in [2.45, 2.75) is 180 Å². The lowest BCUT2D eigenvalue weighted by atomic mass is 9.68. The Morgan fingerprint density at radius 3 is 2.25 bits per heavy atom. The van der Waals surface area contributed by atoms with Gasteiger partial charge < -0.3 is 48.6 Å². The minimum atomic E-state index is -2.47. The molecule has 1 unspecified atom stereocenters. The number of methoxy groups -OCH3 is 3. The number of carbonyl (C=O) groups excluding carboxylic acids is 6. The van der Waals surface area contributed by atoms with Crippen LogP contribution in [-0.4, -0.2) is 144 Å². The molecule has 4 aliphatic heterocycles. The smallest absolute Gasteiger partial charge is 0.329 e. The molecule has 0 spiro atoms. The molecule has 0 aromatic heterocycles. The first-order valence-electron chi connectivity index (χ1n) is 25.5. The van der Waals surface area contributed by atoms with Gasteiger partial charge >= 0.3 is 17.9 Å². The van der Waals surface area contributed by atoms with Gasteiger partial charge in [-0.25, -0.2) is 4.79 Å². The highest BCUT2D eigenvalue weighted by molar-refractivity contribution is 6.39. The minimum Gasteiger partial charge on any atom is -0.481 e. The molecule has 6 bridgehead atoms. The Hall–Kier alpha value is -4.39. The Balaban J connectivity index is 1.55. The van der Waals surface area contributed by atoms with Gasteiger partial charge in [0.25, 0.3) is 11.7 Å². The van der Waals surface area contributed by atoms with Crippen LogP contribution in [0.25, 0.3) is 0 Å². The number of nitrogens with zero attached hydrogens (tertiary/aromatic N) is 1. The summed E-state index contributed by atoms with van der Waals surface area (Å²) in [7, 11) is 4.42. The topological polar surface area (TPSA) is 239 Å². The van der Waals surface area contributed by atoms with Crippen molar-refractivity contribution in [1.82, 2.24) is 4.90 Å². The Morgan fingerprint density at radius 1 is 0.845 bits per heavy atom. The van der Waals surface area contributed by atoms with Gasteiger partial charge in [-0.15, -0.1) is 0 Å². The summed E-state index contributed by atoms with van der Waals surface area (Å²) in [4.78, 5) is 97.7. The second kappa shape index (κ2) is 26.0. The molecule has 3 saturated heterocycles. The third-order valence-electron chi connectivity index (χ3n) is 15.7. The van der Waals surface area contributed by atoms with E-state index in [0.717, 1.165) is 5.57 Å². The molecule has 1 saturated carbocycles. The summed E-state index contributed by atoms with van der Waals surface area (Å²) in [5.74, 6) is -11.5. The largest absolute Gasteiger partial charge is 0.481 e. The monoisotopic (exact) mass is 998 g/mol. The van der Waals surface area contributed by atoms with Crippen LogP contribution in [-0.2, 0) is 62.0 Å². The summed E-state index contributed by atoms with van der Waals surface area (Å²) in [6.45, 7) is 10.6. The van der Waals surface area contributed by atoms with Crippen molar-refractivity contribution < 1.29 is 77.3 Å². The molecule has 0 aromatic carbocycles. The fraction of sp³-hybridized carbons (Fsp3) is 0.722. The molecule has 1 amide bonds. The van der Waals surface area contributed by atoms with E-state index in [1.165, 1.54) is 12.0 Å². The zero-order valence-corrected chi connectivity index (χ0v) is 43.1. The molecule has 396 valence electrons. The van der Waals surface area contributed by atoms with Crippen LogP contribution in [0.2, 0.25) is 0 Å². The molecule has 4 heterocycles. The summed E-state index contributed by atoms with van der Waals surface area (Å²) >= 11 is 0. The molecule has 5 rings (SSSR count). The first-order chi connectivity index (χ1) is 33.6. The number of amides is 1. The number of ether oxygens (including phenoxy) is 6. The van der Waals surface area contributed by atoms with Gasteiger partial charge in [-0.3, -0.25) is 28.8 Å². The van der Waals surface area contributed by atoms with Crippen molar-refractivity contribution in [2.24, 2.45) is 41.4 Å².